The molecular weight excluding hydrogens is 368 g/mol. The van der Waals surface area contributed by atoms with Crippen molar-refractivity contribution >= 4 is 16.9 Å². The summed E-state index contributed by atoms with van der Waals surface area (Å²) in [5, 5.41) is -0.115. The predicted molar refractivity (Wildman–Crippen MR) is 88.9 cm³/mol. The van der Waals surface area contributed by atoms with Crippen LogP contribution in [-0.2, 0) is 11.0 Å². The van der Waals surface area contributed by atoms with E-state index in [2.05, 4.69) is 0 Å². The second-order valence-corrected chi connectivity index (χ2v) is 5.80. The lowest BCUT2D eigenvalue weighted by Gasteiger charge is -2.14. The van der Waals surface area contributed by atoms with Gasteiger partial charge in [0.15, 0.2) is 0 Å². The molecule has 3 rings (SSSR count). The smallest absolute Gasteiger partial charge is 0.450 e. The Hall–Kier alpha value is -3.16. The monoisotopic (exact) mass is 380 g/mol. The minimum Gasteiger partial charge on any atom is -0.450 e. The summed E-state index contributed by atoms with van der Waals surface area (Å²) in [6, 6.07) is 6.57. The highest BCUT2D eigenvalue weighted by Gasteiger charge is 2.39. The molecule has 3 aromatic rings. The lowest BCUT2D eigenvalue weighted by molar-refractivity contribution is -0.152. The van der Waals surface area contributed by atoms with Crippen molar-refractivity contribution in [3.63, 3.8) is 0 Å². The molecule has 0 radical (unpaired) electrons. The number of carbonyl (C=O) groups is 1. The van der Waals surface area contributed by atoms with E-state index in [-0.39, 0.29) is 27.8 Å². The van der Waals surface area contributed by atoms with E-state index in [1.165, 1.54) is 19.1 Å². The van der Waals surface area contributed by atoms with Crippen molar-refractivity contribution in [2.24, 2.45) is 0 Å². The maximum Gasteiger partial charge on any atom is 0.450 e. The zero-order chi connectivity index (χ0) is 19.9. The lowest BCUT2D eigenvalue weighted by atomic mass is 10.0. The number of aryl methyl sites for hydroxylation is 1. The molecule has 0 fully saturated rings. The maximum absolute atomic E-state index is 13.6. The quantitative estimate of drug-likeness (QED) is 0.362. The van der Waals surface area contributed by atoms with E-state index < -0.39 is 34.7 Å². The van der Waals surface area contributed by atoms with Gasteiger partial charge in [-0.15, -0.1) is 0 Å². The first kappa shape index (κ1) is 18.6. The first-order chi connectivity index (χ1) is 12.6. The van der Waals surface area contributed by atoms with Gasteiger partial charge in [0.1, 0.15) is 17.1 Å². The molecule has 0 amide bonds. The number of ether oxygens (including phenoxy) is 1. The molecule has 0 bridgehead atoms. The van der Waals surface area contributed by atoms with Crippen molar-refractivity contribution in [1.82, 2.24) is 0 Å². The summed E-state index contributed by atoms with van der Waals surface area (Å²) < 4.78 is 63.8. The summed E-state index contributed by atoms with van der Waals surface area (Å²) in [6.07, 6.45) is -4.97. The zero-order valence-corrected chi connectivity index (χ0v) is 14.1. The van der Waals surface area contributed by atoms with Gasteiger partial charge in [-0.2, -0.15) is 13.2 Å². The van der Waals surface area contributed by atoms with Gasteiger partial charge in [0.25, 0.3) is 0 Å². The third-order valence-electron chi connectivity index (χ3n) is 3.90. The standard InChI is InChI=1S/C19H12F4O4/c1-9-14(26-10(2)24)8-7-13-16(25)15(11-3-5-12(20)6-4-11)18(19(21,22)23)27-17(9)13/h3-8H,1-2H3. The number of rotatable bonds is 2. The van der Waals surface area contributed by atoms with Gasteiger partial charge in [-0.05, 0) is 36.8 Å². The van der Waals surface area contributed by atoms with Crippen LogP contribution in [0.2, 0.25) is 0 Å². The normalized spacial score (nSPS) is 11.6. The fourth-order valence-electron chi connectivity index (χ4n) is 2.72. The Morgan fingerprint density at radius 2 is 1.70 bits per heavy atom. The van der Waals surface area contributed by atoms with Crippen LogP contribution in [0.4, 0.5) is 17.6 Å². The van der Waals surface area contributed by atoms with Crippen LogP contribution in [0.15, 0.2) is 45.6 Å². The van der Waals surface area contributed by atoms with Gasteiger partial charge in [-0.3, -0.25) is 9.59 Å². The van der Waals surface area contributed by atoms with E-state index in [1.807, 2.05) is 0 Å². The van der Waals surface area contributed by atoms with Crippen LogP contribution in [-0.4, -0.2) is 5.97 Å². The van der Waals surface area contributed by atoms with Crippen molar-refractivity contribution < 1.29 is 31.5 Å². The highest BCUT2D eigenvalue weighted by atomic mass is 19.4. The van der Waals surface area contributed by atoms with Crippen LogP contribution in [0.5, 0.6) is 5.75 Å². The minimum absolute atomic E-state index is 0.0131. The Morgan fingerprint density at radius 3 is 2.26 bits per heavy atom. The highest BCUT2D eigenvalue weighted by molar-refractivity contribution is 5.87. The minimum atomic E-state index is -4.97. The Labute approximate surface area is 150 Å². The van der Waals surface area contributed by atoms with E-state index in [9.17, 15) is 27.2 Å². The molecule has 0 saturated carbocycles. The van der Waals surface area contributed by atoms with E-state index in [4.69, 9.17) is 9.15 Å². The Balaban J connectivity index is 2.39. The summed E-state index contributed by atoms with van der Waals surface area (Å²) >= 11 is 0. The molecular formula is C19H12F4O4. The van der Waals surface area contributed by atoms with Crippen molar-refractivity contribution in [1.29, 1.82) is 0 Å². The van der Waals surface area contributed by atoms with E-state index in [0.29, 0.717) is 0 Å². The van der Waals surface area contributed by atoms with Crippen molar-refractivity contribution in [3.8, 4) is 16.9 Å². The number of fused-ring (bicyclic) bond motifs is 1. The maximum atomic E-state index is 13.6. The van der Waals surface area contributed by atoms with Gasteiger partial charge in [-0.1, -0.05) is 12.1 Å². The molecule has 2 aromatic carbocycles. The van der Waals surface area contributed by atoms with Crippen LogP contribution in [0.1, 0.15) is 18.2 Å². The zero-order valence-electron chi connectivity index (χ0n) is 14.1. The van der Waals surface area contributed by atoms with E-state index in [1.54, 1.807) is 0 Å². The molecule has 27 heavy (non-hydrogen) atoms. The summed E-state index contributed by atoms with van der Waals surface area (Å²) in [6.45, 7) is 2.51. The van der Waals surface area contributed by atoms with Gasteiger partial charge in [-0.25, -0.2) is 4.39 Å². The molecule has 0 saturated heterocycles. The molecule has 0 aliphatic carbocycles. The molecule has 0 aliphatic rings. The van der Waals surface area contributed by atoms with E-state index >= 15 is 0 Å². The number of hydrogen-bond donors (Lipinski definition) is 0. The van der Waals surface area contributed by atoms with Crippen LogP contribution in [0.25, 0.3) is 22.1 Å². The van der Waals surface area contributed by atoms with Crippen LogP contribution >= 0.6 is 0 Å². The highest BCUT2D eigenvalue weighted by Crippen LogP contribution is 2.39. The first-order valence-electron chi connectivity index (χ1n) is 7.71. The van der Waals surface area contributed by atoms with Gasteiger partial charge in [0.2, 0.25) is 11.2 Å². The number of halogens is 4. The number of benzene rings is 2. The van der Waals surface area contributed by atoms with Crippen molar-refractivity contribution in [2.45, 2.75) is 20.0 Å². The van der Waals surface area contributed by atoms with Crippen LogP contribution in [0.3, 0.4) is 0 Å². The lowest BCUT2D eigenvalue weighted by Crippen LogP contribution is -2.16. The second-order valence-electron chi connectivity index (χ2n) is 5.80. The number of hydrogen-bond acceptors (Lipinski definition) is 4. The number of esters is 1. The molecule has 8 heteroatoms. The van der Waals surface area contributed by atoms with Crippen molar-refractivity contribution in [2.75, 3.05) is 0 Å². The Morgan fingerprint density at radius 1 is 1.07 bits per heavy atom. The molecule has 1 aromatic heterocycles. The Bertz CT molecular complexity index is 1100. The molecule has 140 valence electrons. The summed E-state index contributed by atoms with van der Waals surface area (Å²) in [5.74, 6) is -2.84. The number of carbonyl (C=O) groups excluding carboxylic acids is 1. The second kappa shape index (κ2) is 6.53. The molecule has 0 aliphatic heterocycles. The van der Waals surface area contributed by atoms with Gasteiger partial charge >= 0.3 is 12.1 Å². The number of alkyl halides is 3. The van der Waals surface area contributed by atoms with Crippen molar-refractivity contribution in [3.05, 3.63) is 63.8 Å². The fraction of sp³-hybridized carbons (Fsp3) is 0.158. The molecule has 0 spiro atoms. The summed E-state index contributed by atoms with van der Waals surface area (Å²) in [4.78, 5) is 23.9. The van der Waals surface area contributed by atoms with Gasteiger partial charge in [0.05, 0.1) is 10.9 Å². The summed E-state index contributed by atoms with van der Waals surface area (Å²) in [7, 11) is 0. The Kier molecular flexibility index (Phi) is 4.51. The largest absolute Gasteiger partial charge is 0.450 e. The predicted octanol–water partition coefficient (Wildman–Crippen LogP) is 4.85. The van der Waals surface area contributed by atoms with E-state index in [0.717, 1.165) is 31.2 Å². The molecule has 0 N–H and O–H groups in total. The SMILES string of the molecule is CC(=O)Oc1ccc2c(=O)c(-c3ccc(F)cc3)c(C(F)(F)F)oc2c1C. The molecule has 0 atom stereocenters. The van der Waals surface area contributed by atoms with Gasteiger partial charge in [0, 0.05) is 12.5 Å². The van der Waals surface area contributed by atoms with Crippen LogP contribution in [0, 0.1) is 12.7 Å². The molecule has 4 nitrogen and oxygen atoms in total. The molecule has 0 unspecified atom stereocenters. The third kappa shape index (κ3) is 3.42. The topological polar surface area (TPSA) is 56.5 Å². The third-order valence-corrected chi connectivity index (χ3v) is 3.90. The van der Waals surface area contributed by atoms with Crippen LogP contribution < -0.4 is 10.2 Å². The first-order valence-corrected chi connectivity index (χ1v) is 7.71. The van der Waals surface area contributed by atoms with Gasteiger partial charge < -0.3 is 9.15 Å². The summed E-state index contributed by atoms with van der Waals surface area (Å²) in [5.41, 5.74) is -2.02. The fourth-order valence-corrected chi connectivity index (χ4v) is 2.72. The average Bonchev–Trinajstić information content (AvgIpc) is 2.57. The molecule has 1 heterocycles. The average molecular weight is 380 g/mol.